The second-order valence-electron chi connectivity index (χ2n) is 12.6. The van der Waals surface area contributed by atoms with Gasteiger partial charge in [0.05, 0.1) is 0 Å². The zero-order chi connectivity index (χ0) is 22.4. The standard InChI is InChI=1S/C28H52.C2H6/c1-18(2)22(7)14-24-12-11-23(15-24)10-8-20(5)25-16-27(19(3)4)26-13-9-21(6)28(26)17-25;1-2/h18-28H,8-17H2,1-7H3;1-2H3. The minimum Gasteiger partial charge on any atom is -0.0683 e. The van der Waals surface area contributed by atoms with Gasteiger partial charge in [0.2, 0.25) is 0 Å². The normalized spacial score (nSPS) is 38.3. The maximum atomic E-state index is 2.62. The van der Waals surface area contributed by atoms with Gasteiger partial charge in [0.25, 0.3) is 0 Å². The second-order valence-corrected chi connectivity index (χ2v) is 12.6. The third-order valence-electron chi connectivity index (χ3n) is 10.1. The molecule has 0 nitrogen and oxygen atoms in total. The zero-order valence-electron chi connectivity index (χ0n) is 22.4. The summed E-state index contributed by atoms with van der Waals surface area (Å²) in [5, 5.41) is 0. The largest absolute Gasteiger partial charge is 0.0683 e. The van der Waals surface area contributed by atoms with E-state index in [1.54, 1.807) is 19.3 Å². The third-order valence-corrected chi connectivity index (χ3v) is 10.1. The molecule has 0 radical (unpaired) electrons. The average molecular weight is 419 g/mol. The van der Waals surface area contributed by atoms with Crippen LogP contribution in [-0.2, 0) is 0 Å². The Morgan fingerprint density at radius 3 is 2.03 bits per heavy atom. The molecule has 0 heterocycles. The molecular formula is C30H58. The topological polar surface area (TPSA) is 0 Å². The summed E-state index contributed by atoms with van der Waals surface area (Å²) >= 11 is 0. The van der Waals surface area contributed by atoms with Gasteiger partial charge < -0.3 is 0 Å². The van der Waals surface area contributed by atoms with Gasteiger partial charge in [-0.2, -0.15) is 0 Å². The molecule has 0 aromatic heterocycles. The molecule has 3 aliphatic rings. The molecule has 0 heteroatoms. The molecular weight excluding hydrogens is 360 g/mol. The Bertz CT molecular complexity index is 463. The van der Waals surface area contributed by atoms with Crippen LogP contribution in [-0.4, -0.2) is 0 Å². The molecule has 0 bridgehead atoms. The summed E-state index contributed by atoms with van der Waals surface area (Å²) in [5.41, 5.74) is 0. The molecule has 3 fully saturated rings. The summed E-state index contributed by atoms with van der Waals surface area (Å²) in [4.78, 5) is 0. The van der Waals surface area contributed by atoms with E-state index in [1.807, 2.05) is 13.8 Å². The maximum Gasteiger partial charge on any atom is -0.0352 e. The fourth-order valence-corrected chi connectivity index (χ4v) is 7.63. The summed E-state index contributed by atoms with van der Waals surface area (Å²) in [6.07, 6.45) is 15.3. The lowest BCUT2D eigenvalue weighted by Gasteiger charge is -2.44. The maximum absolute atomic E-state index is 2.62. The van der Waals surface area contributed by atoms with Gasteiger partial charge in [-0.3, -0.25) is 0 Å². The highest BCUT2D eigenvalue weighted by atomic mass is 14.5. The quantitative estimate of drug-likeness (QED) is 0.368. The molecule has 0 spiro atoms. The second kappa shape index (κ2) is 12.3. The number of fused-ring (bicyclic) bond motifs is 1. The van der Waals surface area contributed by atoms with Crippen molar-refractivity contribution < 1.29 is 0 Å². The van der Waals surface area contributed by atoms with Gasteiger partial charge in [0.1, 0.15) is 0 Å². The molecule has 0 saturated heterocycles. The molecule has 0 aromatic rings. The van der Waals surface area contributed by atoms with Gasteiger partial charge in [-0.1, -0.05) is 94.4 Å². The predicted molar refractivity (Wildman–Crippen MR) is 136 cm³/mol. The van der Waals surface area contributed by atoms with Crippen molar-refractivity contribution in [1.29, 1.82) is 0 Å². The molecule has 3 aliphatic carbocycles. The third kappa shape index (κ3) is 6.75. The minimum absolute atomic E-state index is 0.862. The van der Waals surface area contributed by atoms with Crippen LogP contribution in [0.1, 0.15) is 127 Å². The highest BCUT2D eigenvalue weighted by Gasteiger charge is 2.45. The molecule has 3 saturated carbocycles. The first-order chi connectivity index (χ1) is 14.3. The van der Waals surface area contributed by atoms with Crippen LogP contribution >= 0.6 is 0 Å². The van der Waals surface area contributed by atoms with E-state index in [0.717, 1.165) is 65.1 Å². The number of hydrogen-bond donors (Lipinski definition) is 0. The molecule has 0 N–H and O–H groups in total. The SMILES string of the molecule is CC.CC(C)C(C)CC1CCC(CCC(C)C2CC(C(C)C)C3CCC(C)C3C2)C1. The van der Waals surface area contributed by atoms with Crippen molar-refractivity contribution in [3.05, 3.63) is 0 Å². The summed E-state index contributed by atoms with van der Waals surface area (Å²) in [6, 6.07) is 0. The van der Waals surface area contributed by atoms with Crippen molar-refractivity contribution >= 4 is 0 Å². The van der Waals surface area contributed by atoms with Gasteiger partial charge >= 0.3 is 0 Å². The van der Waals surface area contributed by atoms with E-state index in [4.69, 9.17) is 0 Å². The minimum atomic E-state index is 0.862. The van der Waals surface area contributed by atoms with E-state index >= 15 is 0 Å². The number of rotatable bonds is 8. The summed E-state index contributed by atoms with van der Waals surface area (Å²) in [6.45, 7) is 21.5. The lowest BCUT2D eigenvalue weighted by atomic mass is 9.61. The first kappa shape index (κ1) is 26.3. The van der Waals surface area contributed by atoms with Crippen molar-refractivity contribution in [1.82, 2.24) is 0 Å². The van der Waals surface area contributed by atoms with Crippen molar-refractivity contribution in [2.24, 2.45) is 65.1 Å². The Labute approximate surface area is 191 Å². The highest BCUT2D eigenvalue weighted by molar-refractivity contribution is 4.95. The Balaban J connectivity index is 0.00000155. The highest BCUT2D eigenvalue weighted by Crippen LogP contribution is 2.54. The summed E-state index contributed by atoms with van der Waals surface area (Å²) in [5.74, 6) is 10.9. The van der Waals surface area contributed by atoms with Crippen LogP contribution in [0, 0.1) is 65.1 Å². The predicted octanol–water partition coefficient (Wildman–Crippen LogP) is 9.87. The van der Waals surface area contributed by atoms with Gasteiger partial charge in [-0.05, 0) is 97.2 Å². The van der Waals surface area contributed by atoms with E-state index in [1.165, 1.54) is 44.9 Å². The first-order valence-corrected chi connectivity index (χ1v) is 14.3. The van der Waals surface area contributed by atoms with Crippen molar-refractivity contribution in [3.8, 4) is 0 Å². The van der Waals surface area contributed by atoms with Crippen LogP contribution in [0.4, 0.5) is 0 Å². The van der Waals surface area contributed by atoms with Crippen molar-refractivity contribution in [2.45, 2.75) is 127 Å². The lowest BCUT2D eigenvalue weighted by molar-refractivity contribution is 0.0532. The zero-order valence-corrected chi connectivity index (χ0v) is 22.4. The van der Waals surface area contributed by atoms with E-state index < -0.39 is 0 Å². The van der Waals surface area contributed by atoms with E-state index in [9.17, 15) is 0 Å². The first-order valence-electron chi connectivity index (χ1n) is 14.3. The van der Waals surface area contributed by atoms with Crippen molar-refractivity contribution in [3.63, 3.8) is 0 Å². The molecule has 0 amide bonds. The monoisotopic (exact) mass is 418 g/mol. The van der Waals surface area contributed by atoms with Gasteiger partial charge in [-0.15, -0.1) is 0 Å². The molecule has 178 valence electrons. The van der Waals surface area contributed by atoms with E-state index in [2.05, 4.69) is 48.5 Å². The number of hydrogen-bond acceptors (Lipinski definition) is 0. The van der Waals surface area contributed by atoms with Gasteiger partial charge in [0.15, 0.2) is 0 Å². The smallest absolute Gasteiger partial charge is 0.0352 e. The van der Waals surface area contributed by atoms with E-state index in [-0.39, 0.29) is 0 Å². The molecule has 9 unspecified atom stereocenters. The van der Waals surface area contributed by atoms with Crippen LogP contribution in [0.5, 0.6) is 0 Å². The van der Waals surface area contributed by atoms with Crippen LogP contribution in [0.2, 0.25) is 0 Å². The summed E-state index contributed by atoms with van der Waals surface area (Å²) in [7, 11) is 0. The molecule has 0 aliphatic heterocycles. The Kier molecular flexibility index (Phi) is 10.8. The summed E-state index contributed by atoms with van der Waals surface area (Å²) < 4.78 is 0. The van der Waals surface area contributed by atoms with Gasteiger partial charge in [0, 0.05) is 0 Å². The van der Waals surface area contributed by atoms with Crippen molar-refractivity contribution in [2.75, 3.05) is 0 Å². The van der Waals surface area contributed by atoms with Crippen LogP contribution in [0.15, 0.2) is 0 Å². The molecule has 3 rings (SSSR count). The molecule has 30 heavy (non-hydrogen) atoms. The Morgan fingerprint density at radius 2 is 1.40 bits per heavy atom. The van der Waals surface area contributed by atoms with Gasteiger partial charge in [-0.25, -0.2) is 0 Å². The lowest BCUT2D eigenvalue weighted by Crippen LogP contribution is -2.36. The van der Waals surface area contributed by atoms with Crippen LogP contribution < -0.4 is 0 Å². The van der Waals surface area contributed by atoms with Crippen LogP contribution in [0.25, 0.3) is 0 Å². The Hall–Kier alpha value is 0. The van der Waals surface area contributed by atoms with E-state index in [0.29, 0.717) is 0 Å². The van der Waals surface area contributed by atoms with Crippen LogP contribution in [0.3, 0.4) is 0 Å². The fraction of sp³-hybridized carbons (Fsp3) is 1.00. The Morgan fingerprint density at radius 1 is 0.733 bits per heavy atom. The fourth-order valence-electron chi connectivity index (χ4n) is 7.63. The average Bonchev–Trinajstić information content (AvgIpc) is 3.33. The molecule has 0 aromatic carbocycles. The molecule has 9 atom stereocenters.